The molecule has 1 unspecified atom stereocenters. The minimum atomic E-state index is -1.05. The Bertz CT molecular complexity index is 414. The number of hydrogen-bond donors (Lipinski definition) is 3. The van der Waals surface area contributed by atoms with Crippen molar-refractivity contribution in [2.45, 2.75) is 19.1 Å². The molecule has 1 aromatic rings. The maximum atomic E-state index is 11.1. The number of H-pyrrole nitrogens is 2. The van der Waals surface area contributed by atoms with Crippen molar-refractivity contribution in [3.8, 4) is 0 Å². The molecule has 0 aromatic carbocycles. The molecule has 0 aliphatic carbocycles. The molecule has 1 aromatic heterocycles. The summed E-state index contributed by atoms with van der Waals surface area (Å²) in [6.07, 6.45) is -0.981. The highest BCUT2D eigenvalue weighted by Gasteiger charge is 2.15. The zero-order valence-electron chi connectivity index (χ0n) is 8.02. The Hall–Kier alpha value is -1.83. The van der Waals surface area contributed by atoms with Crippen LogP contribution in [0.25, 0.3) is 0 Å². The van der Waals surface area contributed by atoms with Gasteiger partial charge in [-0.1, -0.05) is 0 Å². The summed E-state index contributed by atoms with van der Waals surface area (Å²) in [5.74, 6) is -1.05. The first-order valence-electron chi connectivity index (χ1n) is 4.16. The molecule has 0 saturated carbocycles. The molecule has 0 saturated heterocycles. The van der Waals surface area contributed by atoms with E-state index in [-0.39, 0.29) is 13.0 Å². The van der Waals surface area contributed by atoms with E-state index in [1.807, 2.05) is 0 Å². The van der Waals surface area contributed by atoms with Crippen LogP contribution in [0.1, 0.15) is 6.42 Å². The average molecular weight is 217 g/mol. The van der Waals surface area contributed by atoms with Crippen molar-refractivity contribution in [3.63, 3.8) is 0 Å². The fourth-order valence-electron chi connectivity index (χ4n) is 1.12. The molecule has 15 heavy (non-hydrogen) atoms. The second kappa shape index (κ2) is 4.60. The number of nitrogens with one attached hydrogen (secondary N) is 2. The van der Waals surface area contributed by atoms with Crippen LogP contribution in [-0.2, 0) is 16.1 Å². The molecular weight excluding hydrogens is 206 g/mol. The highest BCUT2D eigenvalue weighted by Crippen LogP contribution is 1.98. The van der Waals surface area contributed by atoms with Gasteiger partial charge in [-0.15, -0.1) is 0 Å². The Balaban J connectivity index is 2.79. The molecule has 8 heteroatoms. The van der Waals surface area contributed by atoms with E-state index in [0.717, 1.165) is 4.57 Å². The first kappa shape index (κ1) is 11.2. The Morgan fingerprint density at radius 2 is 2.00 bits per heavy atom. The maximum Gasteiger partial charge on any atom is 0.344 e. The van der Waals surface area contributed by atoms with Crippen molar-refractivity contribution in [1.29, 1.82) is 0 Å². The zero-order valence-corrected chi connectivity index (χ0v) is 8.02. The molecule has 0 aliphatic rings. The molecule has 8 nitrogen and oxygen atoms in total. The average Bonchev–Trinajstić information content (AvgIpc) is 2.47. The van der Waals surface area contributed by atoms with Crippen molar-refractivity contribution in [1.82, 2.24) is 14.8 Å². The molecule has 3 N–H and O–H groups in total. The fraction of sp³-hybridized carbons (Fsp3) is 0.571. The Morgan fingerprint density at radius 1 is 1.47 bits per heavy atom. The normalized spacial score (nSPS) is 12.6. The van der Waals surface area contributed by atoms with Crippen LogP contribution in [-0.4, -0.2) is 39.1 Å². The SMILES string of the molecule is COC(CC(=O)O)Cn1c(=O)[nH][nH]c1=O. The smallest absolute Gasteiger partial charge is 0.344 e. The third kappa shape index (κ3) is 2.81. The number of ether oxygens (including phenoxy) is 1. The maximum absolute atomic E-state index is 11.1. The second-order valence-electron chi connectivity index (χ2n) is 2.93. The lowest BCUT2D eigenvalue weighted by Crippen LogP contribution is -2.33. The third-order valence-corrected chi connectivity index (χ3v) is 1.89. The zero-order chi connectivity index (χ0) is 11.4. The van der Waals surface area contributed by atoms with Crippen molar-refractivity contribution in [2.75, 3.05) is 7.11 Å². The van der Waals surface area contributed by atoms with Crippen LogP contribution in [0.4, 0.5) is 0 Å². The van der Waals surface area contributed by atoms with Gasteiger partial charge in [0.15, 0.2) is 0 Å². The van der Waals surface area contributed by atoms with Gasteiger partial charge in [-0.25, -0.2) is 24.4 Å². The number of aliphatic carboxylic acids is 1. The Kier molecular flexibility index (Phi) is 3.45. The van der Waals surface area contributed by atoms with Gasteiger partial charge in [0.1, 0.15) is 0 Å². The summed E-state index contributed by atoms with van der Waals surface area (Å²) in [5.41, 5.74) is -1.24. The summed E-state index contributed by atoms with van der Waals surface area (Å²) in [5, 5.41) is 12.7. The van der Waals surface area contributed by atoms with Gasteiger partial charge in [0.25, 0.3) is 0 Å². The van der Waals surface area contributed by atoms with E-state index in [9.17, 15) is 14.4 Å². The van der Waals surface area contributed by atoms with E-state index >= 15 is 0 Å². The molecule has 84 valence electrons. The molecule has 0 radical (unpaired) electrons. The minimum Gasteiger partial charge on any atom is -0.481 e. The van der Waals surface area contributed by atoms with E-state index in [1.165, 1.54) is 7.11 Å². The molecule has 0 bridgehead atoms. The number of hydrogen-bond acceptors (Lipinski definition) is 4. The standard InChI is InChI=1S/C7H11N3O5/c1-15-4(2-5(11)12)3-10-6(13)8-9-7(10)14/h4H,2-3H2,1H3,(H,8,13)(H,9,14)(H,11,12). The first-order chi connectivity index (χ1) is 7.04. The van der Waals surface area contributed by atoms with Gasteiger partial charge in [0.05, 0.1) is 19.1 Å². The summed E-state index contributed by atoms with van der Waals surface area (Å²) >= 11 is 0. The Labute approximate surface area is 83.5 Å². The fourth-order valence-corrected chi connectivity index (χ4v) is 1.12. The minimum absolute atomic E-state index is 0.0968. The number of methoxy groups -OCH3 is 1. The highest BCUT2D eigenvalue weighted by atomic mass is 16.5. The molecule has 1 atom stereocenters. The van der Waals surface area contributed by atoms with Gasteiger partial charge in [0.2, 0.25) is 0 Å². The number of carboxylic acid groups (broad SMARTS) is 1. The van der Waals surface area contributed by atoms with Crippen LogP contribution in [0.3, 0.4) is 0 Å². The molecule has 0 fully saturated rings. The summed E-state index contributed by atoms with van der Waals surface area (Å²) in [4.78, 5) is 32.5. The van der Waals surface area contributed by atoms with Gasteiger partial charge < -0.3 is 9.84 Å². The van der Waals surface area contributed by atoms with Crippen LogP contribution >= 0.6 is 0 Å². The highest BCUT2D eigenvalue weighted by molar-refractivity contribution is 5.67. The van der Waals surface area contributed by atoms with Crippen LogP contribution in [0.2, 0.25) is 0 Å². The second-order valence-corrected chi connectivity index (χ2v) is 2.93. The van der Waals surface area contributed by atoms with Crippen LogP contribution < -0.4 is 11.4 Å². The number of aromatic nitrogens is 3. The summed E-state index contributed by atoms with van der Waals surface area (Å²) < 4.78 is 5.68. The quantitative estimate of drug-likeness (QED) is 0.546. The predicted octanol–water partition coefficient (Wildman–Crippen LogP) is -1.65. The molecule has 1 heterocycles. The number of carbonyl (C=O) groups is 1. The summed E-state index contributed by atoms with van der Waals surface area (Å²) in [6.45, 7) is -0.0968. The molecule has 0 spiro atoms. The Morgan fingerprint density at radius 3 is 2.40 bits per heavy atom. The molecule has 0 amide bonds. The van der Waals surface area contributed by atoms with E-state index in [2.05, 4.69) is 10.2 Å². The van der Waals surface area contributed by atoms with Gasteiger partial charge in [0, 0.05) is 7.11 Å². The summed E-state index contributed by atoms with van der Waals surface area (Å²) in [6, 6.07) is 0. The number of nitrogens with zero attached hydrogens (tertiary/aromatic N) is 1. The largest absolute Gasteiger partial charge is 0.481 e. The van der Waals surface area contributed by atoms with E-state index in [1.54, 1.807) is 0 Å². The molecule has 0 aliphatic heterocycles. The number of aromatic amines is 2. The lowest BCUT2D eigenvalue weighted by atomic mass is 10.2. The first-order valence-corrected chi connectivity index (χ1v) is 4.16. The van der Waals surface area contributed by atoms with Gasteiger partial charge in [-0.2, -0.15) is 0 Å². The van der Waals surface area contributed by atoms with Crippen molar-refractivity contribution in [2.24, 2.45) is 0 Å². The van der Waals surface area contributed by atoms with E-state index in [0.29, 0.717) is 0 Å². The van der Waals surface area contributed by atoms with E-state index < -0.39 is 23.5 Å². The van der Waals surface area contributed by atoms with Gasteiger partial charge in [-0.3, -0.25) is 4.79 Å². The lowest BCUT2D eigenvalue weighted by molar-refractivity contribution is -0.139. The van der Waals surface area contributed by atoms with E-state index in [4.69, 9.17) is 9.84 Å². The summed E-state index contributed by atoms with van der Waals surface area (Å²) in [7, 11) is 1.32. The third-order valence-electron chi connectivity index (χ3n) is 1.89. The molecular formula is C7H11N3O5. The van der Waals surface area contributed by atoms with Crippen LogP contribution in [0, 0.1) is 0 Å². The van der Waals surface area contributed by atoms with Crippen molar-refractivity contribution >= 4 is 5.97 Å². The van der Waals surface area contributed by atoms with Crippen LogP contribution in [0.5, 0.6) is 0 Å². The van der Waals surface area contributed by atoms with Crippen LogP contribution in [0.15, 0.2) is 9.59 Å². The van der Waals surface area contributed by atoms with Crippen molar-refractivity contribution in [3.05, 3.63) is 21.0 Å². The van der Waals surface area contributed by atoms with Gasteiger partial charge in [-0.05, 0) is 0 Å². The lowest BCUT2D eigenvalue weighted by Gasteiger charge is -2.11. The number of carboxylic acids is 1. The molecule has 1 rings (SSSR count). The topological polar surface area (TPSA) is 117 Å². The number of rotatable bonds is 5. The van der Waals surface area contributed by atoms with Gasteiger partial charge >= 0.3 is 17.3 Å². The monoisotopic (exact) mass is 217 g/mol. The predicted molar refractivity (Wildman–Crippen MR) is 48.7 cm³/mol. The van der Waals surface area contributed by atoms with Crippen molar-refractivity contribution < 1.29 is 14.6 Å².